The summed E-state index contributed by atoms with van der Waals surface area (Å²) in [6.07, 6.45) is 1.93. The van der Waals surface area contributed by atoms with Crippen molar-refractivity contribution in [3.63, 3.8) is 0 Å². The van der Waals surface area contributed by atoms with Gasteiger partial charge in [0.2, 0.25) is 0 Å². The molecule has 5 nitrogen and oxygen atoms in total. The van der Waals surface area contributed by atoms with Crippen molar-refractivity contribution in [2.24, 2.45) is 0 Å². The standard InChI is InChI=1S/C12H14O5/c1-6(2)3-4-7-8(13)5-9(14)10(11(7)15)12(16)17/h3,5,13-15H,4H2,1-2H3,(H,16,17). The van der Waals surface area contributed by atoms with Crippen LogP contribution in [0.2, 0.25) is 0 Å². The van der Waals surface area contributed by atoms with Crippen LogP contribution in [0, 0.1) is 0 Å². The third kappa shape index (κ3) is 2.69. The molecule has 0 heterocycles. The van der Waals surface area contributed by atoms with Crippen molar-refractivity contribution in [2.45, 2.75) is 20.3 Å². The molecule has 0 fully saturated rings. The second kappa shape index (κ2) is 4.78. The third-order valence-corrected chi connectivity index (χ3v) is 2.29. The maximum Gasteiger partial charge on any atom is 0.343 e. The molecule has 0 saturated heterocycles. The highest BCUT2D eigenvalue weighted by atomic mass is 16.4. The summed E-state index contributed by atoms with van der Waals surface area (Å²) in [5.74, 6) is -3.04. The smallest absolute Gasteiger partial charge is 0.343 e. The first-order chi connectivity index (χ1) is 7.84. The predicted molar refractivity (Wildman–Crippen MR) is 61.5 cm³/mol. The van der Waals surface area contributed by atoms with Crippen LogP contribution in [-0.2, 0) is 6.42 Å². The number of carbonyl (C=O) groups is 1. The Morgan fingerprint density at radius 2 is 1.82 bits per heavy atom. The molecule has 0 aliphatic rings. The lowest BCUT2D eigenvalue weighted by atomic mass is 10.0. The Kier molecular flexibility index (Phi) is 3.62. The zero-order valence-corrected chi connectivity index (χ0v) is 9.56. The number of hydrogen-bond acceptors (Lipinski definition) is 4. The molecule has 0 radical (unpaired) electrons. The Balaban J connectivity index is 3.35. The van der Waals surface area contributed by atoms with Crippen LogP contribution in [0.3, 0.4) is 0 Å². The van der Waals surface area contributed by atoms with Gasteiger partial charge in [-0.05, 0) is 20.3 Å². The SMILES string of the molecule is CC(C)=CCc1c(O)cc(O)c(C(=O)O)c1O. The molecule has 0 unspecified atom stereocenters. The van der Waals surface area contributed by atoms with Crippen molar-refractivity contribution in [2.75, 3.05) is 0 Å². The van der Waals surface area contributed by atoms with Crippen LogP contribution < -0.4 is 0 Å². The van der Waals surface area contributed by atoms with Crippen molar-refractivity contribution in [1.29, 1.82) is 0 Å². The second-order valence-electron chi connectivity index (χ2n) is 3.91. The molecule has 0 spiro atoms. The van der Waals surface area contributed by atoms with Gasteiger partial charge in [0.1, 0.15) is 22.8 Å². The van der Waals surface area contributed by atoms with Gasteiger partial charge in [0.15, 0.2) is 0 Å². The lowest BCUT2D eigenvalue weighted by molar-refractivity contribution is 0.0690. The van der Waals surface area contributed by atoms with Gasteiger partial charge in [0.25, 0.3) is 0 Å². The highest BCUT2D eigenvalue weighted by molar-refractivity contribution is 5.95. The zero-order valence-electron chi connectivity index (χ0n) is 9.56. The fourth-order valence-corrected chi connectivity index (χ4v) is 1.40. The Morgan fingerprint density at radius 3 is 2.29 bits per heavy atom. The molecule has 0 saturated carbocycles. The number of carboxylic acid groups (broad SMARTS) is 1. The summed E-state index contributed by atoms with van der Waals surface area (Å²) in [4.78, 5) is 10.8. The second-order valence-corrected chi connectivity index (χ2v) is 3.91. The first-order valence-electron chi connectivity index (χ1n) is 4.98. The summed E-state index contributed by atoms with van der Waals surface area (Å²) in [6.45, 7) is 3.68. The minimum atomic E-state index is -1.45. The summed E-state index contributed by atoms with van der Waals surface area (Å²) in [5, 5.41) is 37.4. The van der Waals surface area contributed by atoms with Crippen molar-refractivity contribution in [3.8, 4) is 17.2 Å². The Bertz CT molecular complexity index is 484. The average Bonchev–Trinajstić information content (AvgIpc) is 2.14. The summed E-state index contributed by atoms with van der Waals surface area (Å²) in [7, 11) is 0. The summed E-state index contributed by atoms with van der Waals surface area (Å²) in [6, 6.07) is 0.914. The van der Waals surface area contributed by atoms with Crippen molar-refractivity contribution < 1.29 is 25.2 Å². The molecule has 0 aromatic heterocycles. The maximum absolute atomic E-state index is 10.8. The summed E-state index contributed by atoms with van der Waals surface area (Å²) in [5.41, 5.74) is 0.454. The monoisotopic (exact) mass is 238 g/mol. The topological polar surface area (TPSA) is 98.0 Å². The van der Waals surface area contributed by atoms with Gasteiger partial charge in [0, 0.05) is 11.6 Å². The first-order valence-corrected chi connectivity index (χ1v) is 4.98. The van der Waals surface area contributed by atoms with Gasteiger partial charge >= 0.3 is 5.97 Å². The molecule has 17 heavy (non-hydrogen) atoms. The fourth-order valence-electron chi connectivity index (χ4n) is 1.40. The average molecular weight is 238 g/mol. The highest BCUT2D eigenvalue weighted by Gasteiger charge is 2.21. The molecule has 0 aliphatic heterocycles. The van der Waals surface area contributed by atoms with Crippen molar-refractivity contribution >= 4 is 5.97 Å². The number of aromatic carboxylic acids is 1. The molecular weight excluding hydrogens is 224 g/mol. The van der Waals surface area contributed by atoms with E-state index in [0.29, 0.717) is 0 Å². The minimum Gasteiger partial charge on any atom is -0.507 e. The number of phenols is 3. The fraction of sp³-hybridized carbons (Fsp3) is 0.250. The van der Waals surface area contributed by atoms with E-state index < -0.39 is 23.0 Å². The van der Waals surface area contributed by atoms with E-state index in [-0.39, 0.29) is 17.7 Å². The van der Waals surface area contributed by atoms with E-state index in [4.69, 9.17) is 5.11 Å². The van der Waals surface area contributed by atoms with Crippen LogP contribution in [-0.4, -0.2) is 26.4 Å². The molecular formula is C12H14O5. The first kappa shape index (κ1) is 12.9. The predicted octanol–water partition coefficient (Wildman–Crippen LogP) is 2.01. The van der Waals surface area contributed by atoms with Crippen LogP contribution in [0.5, 0.6) is 17.2 Å². The van der Waals surface area contributed by atoms with Crippen molar-refractivity contribution in [1.82, 2.24) is 0 Å². The van der Waals surface area contributed by atoms with Gasteiger partial charge in [-0.3, -0.25) is 0 Å². The molecule has 1 rings (SSSR count). The maximum atomic E-state index is 10.8. The van der Waals surface area contributed by atoms with E-state index >= 15 is 0 Å². The van der Waals surface area contributed by atoms with Crippen LogP contribution in [0.25, 0.3) is 0 Å². The van der Waals surface area contributed by atoms with E-state index in [9.17, 15) is 20.1 Å². The lowest BCUT2D eigenvalue weighted by Crippen LogP contribution is -2.00. The number of benzene rings is 1. The Labute approximate surface area is 98.3 Å². The number of hydrogen-bond donors (Lipinski definition) is 4. The van der Waals surface area contributed by atoms with E-state index in [1.807, 2.05) is 13.8 Å². The van der Waals surface area contributed by atoms with Crippen molar-refractivity contribution in [3.05, 3.63) is 28.8 Å². The Hall–Kier alpha value is -2.17. The van der Waals surface area contributed by atoms with Crippen LogP contribution in [0.15, 0.2) is 17.7 Å². The molecule has 4 N–H and O–H groups in total. The third-order valence-electron chi connectivity index (χ3n) is 2.29. The van der Waals surface area contributed by atoms with Gasteiger partial charge in [0.05, 0.1) is 0 Å². The number of allylic oxidation sites excluding steroid dienone is 2. The van der Waals surface area contributed by atoms with E-state index in [1.54, 1.807) is 6.08 Å². The molecule has 0 amide bonds. The normalized spacial score (nSPS) is 10.0. The molecule has 92 valence electrons. The van der Waals surface area contributed by atoms with E-state index in [0.717, 1.165) is 11.6 Å². The van der Waals surface area contributed by atoms with Gasteiger partial charge in [-0.15, -0.1) is 0 Å². The molecule has 0 atom stereocenters. The van der Waals surface area contributed by atoms with Gasteiger partial charge in [-0.1, -0.05) is 11.6 Å². The van der Waals surface area contributed by atoms with Crippen LogP contribution in [0.4, 0.5) is 0 Å². The molecule has 5 heteroatoms. The lowest BCUT2D eigenvalue weighted by Gasteiger charge is -2.10. The van der Waals surface area contributed by atoms with Gasteiger partial charge in [-0.25, -0.2) is 4.79 Å². The van der Waals surface area contributed by atoms with Gasteiger partial charge < -0.3 is 20.4 Å². The number of carboxylic acids is 1. The highest BCUT2D eigenvalue weighted by Crippen LogP contribution is 2.37. The molecule has 1 aromatic rings. The van der Waals surface area contributed by atoms with Crippen LogP contribution >= 0.6 is 0 Å². The molecule has 1 aromatic carbocycles. The molecule has 0 aliphatic carbocycles. The number of aromatic hydroxyl groups is 3. The largest absolute Gasteiger partial charge is 0.507 e. The Morgan fingerprint density at radius 1 is 1.24 bits per heavy atom. The summed E-state index contributed by atoms with van der Waals surface area (Å²) >= 11 is 0. The van der Waals surface area contributed by atoms with E-state index in [1.165, 1.54) is 0 Å². The zero-order chi connectivity index (χ0) is 13.2. The summed E-state index contributed by atoms with van der Waals surface area (Å²) < 4.78 is 0. The number of rotatable bonds is 3. The van der Waals surface area contributed by atoms with Crippen LogP contribution in [0.1, 0.15) is 29.8 Å². The quantitative estimate of drug-likeness (QED) is 0.604. The van der Waals surface area contributed by atoms with E-state index in [2.05, 4.69) is 0 Å². The molecule has 0 bridgehead atoms. The minimum absolute atomic E-state index is 0.0846. The number of phenolic OH excluding ortho intramolecular Hbond substituents is 1. The van der Waals surface area contributed by atoms with Gasteiger partial charge in [-0.2, -0.15) is 0 Å².